The molecule has 1 heterocycles. The highest BCUT2D eigenvalue weighted by atomic mass is 16.5. The van der Waals surface area contributed by atoms with Crippen molar-refractivity contribution in [1.82, 2.24) is 4.90 Å². The number of nitrogens with zero attached hydrogens (tertiary/aromatic N) is 1. The summed E-state index contributed by atoms with van der Waals surface area (Å²) in [6.45, 7) is 1.72. The SMILES string of the molecule is COC(=O)c1ccc2c(c1)NC(=O)CN(CCc1ccc(OC)cc1)C2. The van der Waals surface area contributed by atoms with E-state index in [0.717, 1.165) is 24.3 Å². The number of esters is 1. The van der Waals surface area contributed by atoms with Crippen LogP contribution in [0.5, 0.6) is 5.75 Å². The third kappa shape index (κ3) is 4.21. The number of hydrogen-bond donors (Lipinski definition) is 1. The fourth-order valence-electron chi connectivity index (χ4n) is 3.00. The van der Waals surface area contributed by atoms with E-state index in [1.165, 1.54) is 12.7 Å². The molecule has 0 spiro atoms. The summed E-state index contributed by atoms with van der Waals surface area (Å²) in [5.41, 5.74) is 3.28. The first-order valence-electron chi connectivity index (χ1n) is 8.45. The average molecular weight is 354 g/mol. The summed E-state index contributed by atoms with van der Waals surface area (Å²) in [7, 11) is 2.99. The van der Waals surface area contributed by atoms with Gasteiger partial charge in [-0.2, -0.15) is 0 Å². The van der Waals surface area contributed by atoms with E-state index in [-0.39, 0.29) is 5.91 Å². The lowest BCUT2D eigenvalue weighted by Gasteiger charge is -2.19. The molecular formula is C20H22N2O4. The molecule has 136 valence electrons. The minimum atomic E-state index is -0.414. The molecule has 2 aromatic rings. The Balaban J connectivity index is 1.70. The minimum absolute atomic E-state index is 0.0829. The number of carbonyl (C=O) groups is 2. The summed E-state index contributed by atoms with van der Waals surface area (Å²) in [4.78, 5) is 26.0. The number of anilines is 1. The maximum absolute atomic E-state index is 12.2. The highest BCUT2D eigenvalue weighted by Crippen LogP contribution is 2.23. The number of carbonyl (C=O) groups excluding carboxylic acids is 2. The summed E-state index contributed by atoms with van der Waals surface area (Å²) in [5, 5.41) is 2.88. The number of methoxy groups -OCH3 is 2. The summed E-state index contributed by atoms with van der Waals surface area (Å²) in [5.74, 6) is 0.335. The van der Waals surface area contributed by atoms with Crippen LogP contribution >= 0.6 is 0 Å². The van der Waals surface area contributed by atoms with Crippen LogP contribution in [0.25, 0.3) is 0 Å². The third-order valence-electron chi connectivity index (χ3n) is 4.44. The van der Waals surface area contributed by atoms with Gasteiger partial charge < -0.3 is 14.8 Å². The van der Waals surface area contributed by atoms with Crippen molar-refractivity contribution in [2.45, 2.75) is 13.0 Å². The quantitative estimate of drug-likeness (QED) is 0.836. The monoisotopic (exact) mass is 354 g/mol. The first-order valence-corrected chi connectivity index (χ1v) is 8.45. The van der Waals surface area contributed by atoms with Gasteiger partial charge in [-0.25, -0.2) is 4.79 Å². The predicted octanol–water partition coefficient (Wildman–Crippen LogP) is 2.48. The van der Waals surface area contributed by atoms with Crippen LogP contribution in [-0.2, 0) is 22.5 Å². The Hall–Kier alpha value is -2.86. The number of ether oxygens (including phenoxy) is 2. The zero-order valence-electron chi connectivity index (χ0n) is 15.0. The Morgan fingerprint density at radius 3 is 2.58 bits per heavy atom. The number of amides is 1. The zero-order valence-corrected chi connectivity index (χ0v) is 15.0. The highest BCUT2D eigenvalue weighted by Gasteiger charge is 2.20. The van der Waals surface area contributed by atoms with Crippen LogP contribution in [0.15, 0.2) is 42.5 Å². The lowest BCUT2D eigenvalue weighted by atomic mass is 10.1. The van der Waals surface area contributed by atoms with Gasteiger partial charge in [0.1, 0.15) is 5.75 Å². The van der Waals surface area contributed by atoms with E-state index < -0.39 is 5.97 Å². The second-order valence-corrected chi connectivity index (χ2v) is 6.22. The lowest BCUT2D eigenvalue weighted by Crippen LogP contribution is -2.31. The number of hydrogen-bond acceptors (Lipinski definition) is 5. The summed E-state index contributed by atoms with van der Waals surface area (Å²) in [6.07, 6.45) is 0.840. The second kappa shape index (κ2) is 8.01. The van der Waals surface area contributed by atoms with E-state index in [0.29, 0.717) is 24.3 Å². The topological polar surface area (TPSA) is 67.9 Å². The Kier molecular flexibility index (Phi) is 5.53. The van der Waals surface area contributed by atoms with Crippen LogP contribution in [-0.4, -0.2) is 44.1 Å². The van der Waals surface area contributed by atoms with Crippen LogP contribution in [0.2, 0.25) is 0 Å². The van der Waals surface area contributed by atoms with E-state index in [4.69, 9.17) is 9.47 Å². The van der Waals surface area contributed by atoms with Gasteiger partial charge in [0.2, 0.25) is 5.91 Å². The molecule has 3 rings (SSSR count). The Labute approximate surface area is 152 Å². The number of nitrogens with one attached hydrogen (secondary N) is 1. The van der Waals surface area contributed by atoms with Gasteiger partial charge in [-0.1, -0.05) is 18.2 Å². The molecule has 1 aliphatic heterocycles. The molecule has 0 aliphatic carbocycles. The van der Waals surface area contributed by atoms with Gasteiger partial charge >= 0.3 is 5.97 Å². The number of fused-ring (bicyclic) bond motifs is 1. The first kappa shape index (κ1) is 17.9. The molecule has 0 fully saturated rings. The van der Waals surface area contributed by atoms with Crippen molar-refractivity contribution in [2.24, 2.45) is 0 Å². The molecule has 0 bridgehead atoms. The van der Waals surface area contributed by atoms with E-state index in [2.05, 4.69) is 10.2 Å². The minimum Gasteiger partial charge on any atom is -0.497 e. The summed E-state index contributed by atoms with van der Waals surface area (Å²) in [6, 6.07) is 13.2. The summed E-state index contributed by atoms with van der Waals surface area (Å²) < 4.78 is 9.91. The van der Waals surface area contributed by atoms with E-state index in [1.54, 1.807) is 19.2 Å². The van der Waals surface area contributed by atoms with Crippen LogP contribution < -0.4 is 10.1 Å². The van der Waals surface area contributed by atoms with E-state index in [1.807, 2.05) is 30.3 Å². The fraction of sp³-hybridized carbons (Fsp3) is 0.300. The molecule has 6 heteroatoms. The van der Waals surface area contributed by atoms with Gasteiger partial charge in [-0.05, 0) is 41.8 Å². The van der Waals surface area contributed by atoms with Crippen molar-refractivity contribution >= 4 is 17.6 Å². The molecule has 0 aromatic heterocycles. The number of benzene rings is 2. The normalized spacial score (nSPS) is 14.2. The van der Waals surface area contributed by atoms with Gasteiger partial charge in [-0.15, -0.1) is 0 Å². The van der Waals surface area contributed by atoms with Crippen molar-refractivity contribution in [3.63, 3.8) is 0 Å². The number of rotatable bonds is 5. The largest absolute Gasteiger partial charge is 0.497 e. The average Bonchev–Trinajstić information content (AvgIpc) is 2.82. The second-order valence-electron chi connectivity index (χ2n) is 6.22. The molecule has 1 aliphatic rings. The molecule has 26 heavy (non-hydrogen) atoms. The molecule has 2 aromatic carbocycles. The standard InChI is InChI=1S/C20H22N2O4/c1-25-17-7-3-14(4-8-17)9-10-22-12-16-6-5-15(20(24)26-2)11-18(16)21-19(23)13-22/h3-8,11H,9-10,12-13H2,1-2H3,(H,21,23). The Morgan fingerprint density at radius 1 is 1.12 bits per heavy atom. The molecule has 0 radical (unpaired) electrons. The van der Waals surface area contributed by atoms with E-state index >= 15 is 0 Å². The van der Waals surface area contributed by atoms with Gasteiger partial charge in [-0.3, -0.25) is 9.69 Å². The van der Waals surface area contributed by atoms with Crippen molar-refractivity contribution in [2.75, 3.05) is 32.6 Å². The van der Waals surface area contributed by atoms with Crippen molar-refractivity contribution in [1.29, 1.82) is 0 Å². The van der Waals surface area contributed by atoms with Gasteiger partial charge in [0.15, 0.2) is 0 Å². The predicted molar refractivity (Wildman–Crippen MR) is 98.4 cm³/mol. The van der Waals surface area contributed by atoms with Gasteiger partial charge in [0.25, 0.3) is 0 Å². The van der Waals surface area contributed by atoms with Crippen molar-refractivity contribution < 1.29 is 19.1 Å². The molecule has 6 nitrogen and oxygen atoms in total. The molecule has 1 N–H and O–H groups in total. The fourth-order valence-corrected chi connectivity index (χ4v) is 3.00. The lowest BCUT2D eigenvalue weighted by molar-refractivity contribution is -0.117. The van der Waals surface area contributed by atoms with Crippen LogP contribution in [0, 0.1) is 0 Å². The molecule has 0 saturated carbocycles. The van der Waals surface area contributed by atoms with Gasteiger partial charge in [0, 0.05) is 18.8 Å². The molecule has 0 atom stereocenters. The van der Waals surface area contributed by atoms with Gasteiger partial charge in [0.05, 0.1) is 26.3 Å². The maximum atomic E-state index is 12.2. The van der Waals surface area contributed by atoms with Crippen LogP contribution in [0.1, 0.15) is 21.5 Å². The van der Waals surface area contributed by atoms with Crippen molar-refractivity contribution in [3.8, 4) is 5.75 Å². The molecular weight excluding hydrogens is 332 g/mol. The Morgan fingerprint density at radius 2 is 1.88 bits per heavy atom. The highest BCUT2D eigenvalue weighted by molar-refractivity contribution is 5.96. The van der Waals surface area contributed by atoms with Crippen LogP contribution in [0.4, 0.5) is 5.69 Å². The van der Waals surface area contributed by atoms with Crippen molar-refractivity contribution in [3.05, 3.63) is 59.2 Å². The first-order chi connectivity index (χ1) is 12.6. The Bertz CT molecular complexity index is 802. The smallest absolute Gasteiger partial charge is 0.337 e. The molecule has 1 amide bonds. The zero-order chi connectivity index (χ0) is 18.5. The molecule has 0 saturated heterocycles. The van der Waals surface area contributed by atoms with Crippen LogP contribution in [0.3, 0.4) is 0 Å². The maximum Gasteiger partial charge on any atom is 0.337 e. The molecule has 0 unspecified atom stereocenters. The van der Waals surface area contributed by atoms with E-state index in [9.17, 15) is 9.59 Å². The third-order valence-corrected chi connectivity index (χ3v) is 4.44. The summed E-state index contributed by atoms with van der Waals surface area (Å²) >= 11 is 0.